The third-order valence-electron chi connectivity index (χ3n) is 11.9. The summed E-state index contributed by atoms with van der Waals surface area (Å²) in [6.45, 7) is 0. The summed E-state index contributed by atoms with van der Waals surface area (Å²) in [5.41, 5.74) is 9.61. The number of rotatable bonds is 5. The molecule has 7 heteroatoms. The van der Waals surface area contributed by atoms with Crippen LogP contribution in [0.2, 0.25) is 0 Å². The molecular weight excluding hydrogens is 723 g/mol. The molecule has 0 N–H and O–H groups in total. The van der Waals surface area contributed by atoms with Gasteiger partial charge < -0.3 is 4.57 Å². The highest BCUT2D eigenvalue weighted by molar-refractivity contribution is 6.34. The minimum atomic E-state index is 0.573. The summed E-state index contributed by atoms with van der Waals surface area (Å²) in [6.07, 6.45) is 1.87. The van der Waals surface area contributed by atoms with E-state index in [1.54, 1.807) is 0 Å². The van der Waals surface area contributed by atoms with Crippen LogP contribution >= 0.6 is 0 Å². The molecule has 0 aliphatic carbocycles. The number of para-hydroxylation sites is 2. The normalized spacial score (nSPS) is 12.1. The Hall–Kier alpha value is -8.16. The molecule has 0 saturated carbocycles. The SMILES string of the molecule is c1ccc(-c2nc(-c3ccccc3)nc(-n3c4ccccc4c4cc(-n5c6cccc7ccc8cc9c(c%10ccccc%10n9-c9ccccn9)c5c8c76)ccc43)n2)cc1. The van der Waals surface area contributed by atoms with Crippen LogP contribution in [0, 0.1) is 0 Å². The van der Waals surface area contributed by atoms with Crippen LogP contribution in [-0.2, 0) is 0 Å². The number of hydrogen-bond acceptors (Lipinski definition) is 4. The molecule has 13 rings (SSSR count). The number of aromatic nitrogens is 7. The molecule has 13 aromatic rings. The molecule has 0 amide bonds. The highest BCUT2D eigenvalue weighted by atomic mass is 15.2. The van der Waals surface area contributed by atoms with Gasteiger partial charge in [-0.05, 0) is 65.4 Å². The first-order chi connectivity index (χ1) is 29.3. The minimum Gasteiger partial charge on any atom is -0.308 e. The molecule has 0 atom stereocenters. The third-order valence-corrected chi connectivity index (χ3v) is 11.9. The zero-order valence-corrected chi connectivity index (χ0v) is 31.5. The predicted molar refractivity (Wildman–Crippen MR) is 240 cm³/mol. The summed E-state index contributed by atoms with van der Waals surface area (Å²) in [5.74, 6) is 2.72. The number of nitrogens with zero attached hydrogens (tertiary/aromatic N) is 7. The van der Waals surface area contributed by atoms with Crippen LogP contribution in [0.5, 0.6) is 0 Å². The van der Waals surface area contributed by atoms with E-state index in [0.717, 1.165) is 55.5 Å². The Morgan fingerprint density at radius 2 is 1.00 bits per heavy atom. The topological polar surface area (TPSA) is 66.3 Å². The monoisotopic (exact) mass is 753 g/mol. The smallest absolute Gasteiger partial charge is 0.238 e. The molecule has 0 aliphatic rings. The summed E-state index contributed by atoms with van der Waals surface area (Å²) < 4.78 is 6.98. The zero-order chi connectivity index (χ0) is 38.6. The van der Waals surface area contributed by atoms with Gasteiger partial charge in [-0.15, -0.1) is 0 Å². The van der Waals surface area contributed by atoms with Crippen molar-refractivity contribution in [1.29, 1.82) is 0 Å². The first-order valence-corrected chi connectivity index (χ1v) is 19.8. The fourth-order valence-corrected chi connectivity index (χ4v) is 9.41. The fraction of sp³-hybridized carbons (Fsp3) is 0. The van der Waals surface area contributed by atoms with Gasteiger partial charge in [0.15, 0.2) is 11.6 Å². The van der Waals surface area contributed by atoms with Crippen LogP contribution < -0.4 is 0 Å². The van der Waals surface area contributed by atoms with Gasteiger partial charge in [0.1, 0.15) is 5.82 Å². The first-order valence-electron chi connectivity index (χ1n) is 19.8. The lowest BCUT2D eigenvalue weighted by atomic mass is 9.99. The van der Waals surface area contributed by atoms with Gasteiger partial charge in [0.25, 0.3) is 0 Å². The average molecular weight is 754 g/mol. The van der Waals surface area contributed by atoms with Gasteiger partial charge in [-0.25, -0.2) is 9.97 Å². The summed E-state index contributed by atoms with van der Waals surface area (Å²) >= 11 is 0. The number of hydrogen-bond donors (Lipinski definition) is 0. The Kier molecular flexibility index (Phi) is 6.60. The van der Waals surface area contributed by atoms with Crippen LogP contribution in [0.3, 0.4) is 0 Å². The standard InChI is InChI=1S/C52H31N7/c1-3-14-33(15-4-1)50-54-51(34-16-5-2-6-17-34)56-52(55-50)59-40-21-9-7-19-37(40)39-31-36(27-28-42(39)59)57-43-23-13-18-32-25-26-35-30-44-48(49(57)47(35)46(32)43)38-20-8-10-22-41(38)58(44)45-24-11-12-29-53-45/h1-31H. The van der Waals surface area contributed by atoms with Crippen molar-refractivity contribution in [3.05, 3.63) is 188 Å². The van der Waals surface area contributed by atoms with Crippen molar-refractivity contribution in [1.82, 2.24) is 33.6 Å². The Bertz CT molecular complexity index is 3710. The van der Waals surface area contributed by atoms with Crippen molar-refractivity contribution < 1.29 is 0 Å². The lowest BCUT2D eigenvalue weighted by molar-refractivity contribution is 0.953. The molecule has 8 aromatic carbocycles. The van der Waals surface area contributed by atoms with E-state index in [2.05, 4.69) is 129 Å². The van der Waals surface area contributed by atoms with Gasteiger partial charge in [-0.3, -0.25) is 9.13 Å². The molecule has 0 fully saturated rings. The summed E-state index contributed by atoms with van der Waals surface area (Å²) in [6, 6.07) is 64.1. The molecular formula is C52H31N7. The van der Waals surface area contributed by atoms with Crippen molar-refractivity contribution in [3.8, 4) is 40.2 Å². The predicted octanol–water partition coefficient (Wildman–Crippen LogP) is 12.5. The zero-order valence-electron chi connectivity index (χ0n) is 31.5. The van der Waals surface area contributed by atoms with Crippen molar-refractivity contribution in [2.24, 2.45) is 0 Å². The average Bonchev–Trinajstić information content (AvgIpc) is 3.95. The summed E-state index contributed by atoms with van der Waals surface area (Å²) in [4.78, 5) is 20.2. The van der Waals surface area contributed by atoms with E-state index < -0.39 is 0 Å². The van der Waals surface area contributed by atoms with Crippen LogP contribution in [0.15, 0.2) is 188 Å². The Morgan fingerprint density at radius 1 is 0.356 bits per heavy atom. The highest BCUT2D eigenvalue weighted by Crippen LogP contribution is 2.46. The molecule has 0 spiro atoms. The minimum absolute atomic E-state index is 0.573. The number of pyridine rings is 1. The maximum atomic E-state index is 5.16. The van der Waals surface area contributed by atoms with Crippen molar-refractivity contribution in [3.63, 3.8) is 0 Å². The van der Waals surface area contributed by atoms with Gasteiger partial charge in [0.2, 0.25) is 5.95 Å². The highest BCUT2D eigenvalue weighted by Gasteiger charge is 2.25. The lowest BCUT2D eigenvalue weighted by Gasteiger charge is -2.12. The van der Waals surface area contributed by atoms with Crippen LogP contribution in [-0.4, -0.2) is 33.6 Å². The largest absolute Gasteiger partial charge is 0.308 e. The second kappa shape index (κ2) is 12.2. The van der Waals surface area contributed by atoms with Gasteiger partial charge >= 0.3 is 0 Å². The van der Waals surface area contributed by atoms with Gasteiger partial charge in [-0.2, -0.15) is 9.97 Å². The number of fused-ring (bicyclic) bond motifs is 7. The Labute approximate surface area is 337 Å². The maximum Gasteiger partial charge on any atom is 0.238 e. The van der Waals surface area contributed by atoms with E-state index in [0.29, 0.717) is 17.6 Å². The van der Waals surface area contributed by atoms with Crippen LogP contribution in [0.4, 0.5) is 0 Å². The van der Waals surface area contributed by atoms with E-state index in [9.17, 15) is 0 Å². The van der Waals surface area contributed by atoms with E-state index in [1.807, 2.05) is 72.9 Å². The molecule has 0 radical (unpaired) electrons. The first kappa shape index (κ1) is 32.0. The summed E-state index contributed by atoms with van der Waals surface area (Å²) in [5, 5.41) is 9.59. The molecule has 7 nitrogen and oxygen atoms in total. The van der Waals surface area contributed by atoms with Gasteiger partial charge in [0, 0.05) is 55.3 Å². The third kappa shape index (κ3) is 4.58. The molecule has 0 aliphatic heterocycles. The molecule has 274 valence electrons. The molecule has 0 saturated heterocycles. The molecule has 5 heterocycles. The van der Waals surface area contributed by atoms with E-state index in [-0.39, 0.29) is 0 Å². The van der Waals surface area contributed by atoms with Crippen molar-refractivity contribution in [2.45, 2.75) is 0 Å². The Morgan fingerprint density at radius 3 is 1.75 bits per heavy atom. The van der Waals surface area contributed by atoms with Crippen molar-refractivity contribution in [2.75, 3.05) is 0 Å². The van der Waals surface area contributed by atoms with Gasteiger partial charge in [0.05, 0.1) is 33.1 Å². The maximum absolute atomic E-state index is 5.16. The van der Waals surface area contributed by atoms with Crippen molar-refractivity contribution >= 4 is 76.2 Å². The molecule has 5 aromatic heterocycles. The second-order valence-corrected chi connectivity index (χ2v) is 15.1. The van der Waals surface area contributed by atoms with E-state index in [1.165, 1.54) is 43.4 Å². The molecule has 0 unspecified atom stereocenters. The quantitative estimate of drug-likeness (QED) is 0.164. The second-order valence-electron chi connectivity index (χ2n) is 15.1. The summed E-state index contributed by atoms with van der Waals surface area (Å²) in [7, 11) is 0. The fourth-order valence-electron chi connectivity index (χ4n) is 9.41. The van der Waals surface area contributed by atoms with Crippen LogP contribution in [0.1, 0.15) is 0 Å². The Balaban J connectivity index is 1.13. The lowest BCUT2D eigenvalue weighted by Crippen LogP contribution is -2.06. The van der Waals surface area contributed by atoms with Gasteiger partial charge in [-0.1, -0.05) is 127 Å². The van der Waals surface area contributed by atoms with Crippen LogP contribution in [0.25, 0.3) is 116 Å². The molecule has 0 bridgehead atoms. The van der Waals surface area contributed by atoms with E-state index >= 15 is 0 Å². The number of benzene rings is 8. The molecule has 59 heavy (non-hydrogen) atoms. The van der Waals surface area contributed by atoms with E-state index in [4.69, 9.17) is 19.9 Å².